The molecule has 0 radical (unpaired) electrons. The van der Waals surface area contributed by atoms with Crippen molar-refractivity contribution < 1.29 is 13.2 Å². The van der Waals surface area contributed by atoms with Gasteiger partial charge in [0.2, 0.25) is 0 Å². The van der Waals surface area contributed by atoms with Crippen LogP contribution in [0.15, 0.2) is 48.5 Å². The van der Waals surface area contributed by atoms with Crippen LogP contribution in [0.2, 0.25) is 0 Å². The van der Waals surface area contributed by atoms with Crippen LogP contribution >= 0.6 is 0 Å². The third kappa shape index (κ3) is 4.26. The van der Waals surface area contributed by atoms with Crippen LogP contribution in [-0.2, 0) is 6.18 Å². The summed E-state index contributed by atoms with van der Waals surface area (Å²) in [7, 11) is 0. The normalized spacial score (nSPS) is 21.3. The van der Waals surface area contributed by atoms with Crippen LogP contribution in [0, 0.1) is 5.92 Å². The van der Waals surface area contributed by atoms with Crippen molar-refractivity contribution in [3.63, 3.8) is 0 Å². The highest BCUT2D eigenvalue weighted by Gasteiger charge is 2.34. The molecule has 3 heteroatoms. The van der Waals surface area contributed by atoms with E-state index in [1.54, 1.807) is 30.3 Å². The standard InChI is InChI=1S/C22H25F3/c1-2-6-16-9-11-17(12-10-16)19-13-14-20(18-7-4-3-5-8-18)21(15-19)22(23,24)25/h3-5,7-8,13-17H,2,6,9-12H2,1H3. The van der Waals surface area contributed by atoms with Crippen LogP contribution in [0.5, 0.6) is 0 Å². The molecule has 0 amide bonds. The van der Waals surface area contributed by atoms with Gasteiger partial charge in [-0.3, -0.25) is 0 Å². The Kier molecular flexibility index (Phi) is 5.51. The van der Waals surface area contributed by atoms with Gasteiger partial charge in [-0.05, 0) is 60.3 Å². The first kappa shape index (κ1) is 18.0. The van der Waals surface area contributed by atoms with E-state index in [4.69, 9.17) is 0 Å². The Morgan fingerprint density at radius 2 is 1.60 bits per heavy atom. The molecular weight excluding hydrogens is 321 g/mol. The Labute approximate surface area is 148 Å². The zero-order chi connectivity index (χ0) is 17.9. The van der Waals surface area contributed by atoms with Crippen molar-refractivity contribution in [2.45, 2.75) is 57.5 Å². The van der Waals surface area contributed by atoms with E-state index in [0.717, 1.165) is 37.2 Å². The SMILES string of the molecule is CCCC1CCC(c2ccc(-c3ccccc3)c(C(F)(F)F)c2)CC1. The third-order valence-corrected chi connectivity index (χ3v) is 5.45. The van der Waals surface area contributed by atoms with Crippen LogP contribution < -0.4 is 0 Å². The average molecular weight is 346 g/mol. The zero-order valence-corrected chi connectivity index (χ0v) is 14.7. The molecule has 2 aromatic rings. The number of alkyl halides is 3. The van der Waals surface area contributed by atoms with Crippen molar-refractivity contribution in [1.29, 1.82) is 0 Å². The summed E-state index contributed by atoms with van der Waals surface area (Å²) in [5.74, 6) is 1.02. The molecule has 0 N–H and O–H groups in total. The monoisotopic (exact) mass is 346 g/mol. The summed E-state index contributed by atoms with van der Waals surface area (Å²) >= 11 is 0. The molecule has 134 valence electrons. The Balaban J connectivity index is 1.88. The minimum Gasteiger partial charge on any atom is -0.166 e. The van der Waals surface area contributed by atoms with Crippen molar-refractivity contribution in [1.82, 2.24) is 0 Å². The molecule has 0 atom stereocenters. The quantitative estimate of drug-likeness (QED) is 0.539. The summed E-state index contributed by atoms with van der Waals surface area (Å²) in [6.45, 7) is 2.20. The molecular formula is C22H25F3. The molecule has 0 unspecified atom stereocenters. The van der Waals surface area contributed by atoms with Gasteiger partial charge in [0.25, 0.3) is 0 Å². The third-order valence-electron chi connectivity index (χ3n) is 5.45. The number of halogens is 3. The maximum atomic E-state index is 13.6. The van der Waals surface area contributed by atoms with Gasteiger partial charge in [-0.15, -0.1) is 0 Å². The van der Waals surface area contributed by atoms with E-state index in [1.165, 1.54) is 18.9 Å². The Morgan fingerprint density at radius 1 is 0.920 bits per heavy atom. The molecule has 25 heavy (non-hydrogen) atoms. The van der Waals surface area contributed by atoms with Crippen molar-refractivity contribution in [3.8, 4) is 11.1 Å². The fraction of sp³-hybridized carbons (Fsp3) is 0.455. The molecule has 2 aromatic carbocycles. The Bertz CT molecular complexity index is 680. The van der Waals surface area contributed by atoms with Gasteiger partial charge < -0.3 is 0 Å². The maximum Gasteiger partial charge on any atom is 0.417 e. The minimum atomic E-state index is -4.33. The molecule has 1 aliphatic carbocycles. The van der Waals surface area contributed by atoms with Gasteiger partial charge in [0, 0.05) is 0 Å². The smallest absolute Gasteiger partial charge is 0.166 e. The molecule has 1 fully saturated rings. The van der Waals surface area contributed by atoms with Gasteiger partial charge in [-0.1, -0.05) is 62.2 Å². The van der Waals surface area contributed by atoms with E-state index >= 15 is 0 Å². The highest BCUT2D eigenvalue weighted by atomic mass is 19.4. The lowest BCUT2D eigenvalue weighted by molar-refractivity contribution is -0.137. The molecule has 0 aromatic heterocycles. The second kappa shape index (κ2) is 7.63. The predicted molar refractivity (Wildman–Crippen MR) is 96.5 cm³/mol. The summed E-state index contributed by atoms with van der Waals surface area (Å²) in [6, 6.07) is 13.8. The van der Waals surface area contributed by atoms with Crippen LogP contribution in [0.25, 0.3) is 11.1 Å². The molecule has 1 saturated carbocycles. The molecule has 1 aliphatic rings. The number of hydrogen-bond donors (Lipinski definition) is 0. The Hall–Kier alpha value is -1.77. The van der Waals surface area contributed by atoms with Gasteiger partial charge in [0.15, 0.2) is 0 Å². The van der Waals surface area contributed by atoms with E-state index in [1.807, 2.05) is 12.1 Å². The van der Waals surface area contributed by atoms with Crippen molar-refractivity contribution in [2.75, 3.05) is 0 Å². The van der Waals surface area contributed by atoms with Crippen LogP contribution in [0.1, 0.15) is 62.5 Å². The first-order valence-electron chi connectivity index (χ1n) is 9.25. The van der Waals surface area contributed by atoms with Crippen LogP contribution in [0.4, 0.5) is 13.2 Å². The molecule has 0 aliphatic heterocycles. The molecule has 0 spiro atoms. The second-order valence-electron chi connectivity index (χ2n) is 7.18. The topological polar surface area (TPSA) is 0 Å². The molecule has 3 rings (SSSR count). The van der Waals surface area contributed by atoms with E-state index in [0.29, 0.717) is 5.56 Å². The first-order chi connectivity index (χ1) is 12.0. The molecule has 0 nitrogen and oxygen atoms in total. The highest BCUT2D eigenvalue weighted by molar-refractivity contribution is 5.68. The number of hydrogen-bond acceptors (Lipinski definition) is 0. The fourth-order valence-electron chi connectivity index (χ4n) is 4.11. The zero-order valence-electron chi connectivity index (χ0n) is 14.7. The lowest BCUT2D eigenvalue weighted by Crippen LogP contribution is -2.14. The van der Waals surface area contributed by atoms with E-state index in [9.17, 15) is 13.2 Å². The largest absolute Gasteiger partial charge is 0.417 e. The summed E-state index contributed by atoms with van der Waals surface area (Å²) in [4.78, 5) is 0. The van der Waals surface area contributed by atoms with Crippen LogP contribution in [-0.4, -0.2) is 0 Å². The number of rotatable bonds is 4. The predicted octanol–water partition coefficient (Wildman–Crippen LogP) is 7.45. The molecule has 0 heterocycles. The van der Waals surface area contributed by atoms with Crippen molar-refractivity contribution >= 4 is 0 Å². The summed E-state index contributed by atoms with van der Waals surface area (Å²) in [6.07, 6.45) is 2.40. The van der Waals surface area contributed by atoms with Crippen molar-refractivity contribution in [3.05, 3.63) is 59.7 Å². The van der Waals surface area contributed by atoms with E-state index < -0.39 is 11.7 Å². The highest BCUT2D eigenvalue weighted by Crippen LogP contribution is 2.42. The lowest BCUT2D eigenvalue weighted by Gasteiger charge is -2.29. The maximum absolute atomic E-state index is 13.6. The van der Waals surface area contributed by atoms with Crippen molar-refractivity contribution in [2.24, 2.45) is 5.92 Å². The van der Waals surface area contributed by atoms with Gasteiger partial charge >= 0.3 is 6.18 Å². The fourth-order valence-corrected chi connectivity index (χ4v) is 4.11. The van der Waals surface area contributed by atoms with E-state index in [-0.39, 0.29) is 11.5 Å². The summed E-state index contributed by atoms with van der Waals surface area (Å²) in [5.41, 5.74) is 1.23. The average Bonchev–Trinajstić information content (AvgIpc) is 2.62. The molecule has 0 bridgehead atoms. The number of benzene rings is 2. The molecule has 0 saturated heterocycles. The van der Waals surface area contributed by atoms with Gasteiger partial charge in [-0.25, -0.2) is 0 Å². The second-order valence-corrected chi connectivity index (χ2v) is 7.18. The first-order valence-corrected chi connectivity index (χ1v) is 9.25. The van der Waals surface area contributed by atoms with Gasteiger partial charge in [0.05, 0.1) is 5.56 Å². The van der Waals surface area contributed by atoms with E-state index in [2.05, 4.69) is 6.92 Å². The van der Waals surface area contributed by atoms with Gasteiger partial charge in [-0.2, -0.15) is 13.2 Å². The summed E-state index contributed by atoms with van der Waals surface area (Å²) < 4.78 is 40.9. The lowest BCUT2D eigenvalue weighted by atomic mass is 9.76. The summed E-state index contributed by atoms with van der Waals surface area (Å²) in [5, 5.41) is 0. The Morgan fingerprint density at radius 3 is 2.20 bits per heavy atom. The van der Waals surface area contributed by atoms with Crippen LogP contribution in [0.3, 0.4) is 0 Å². The van der Waals surface area contributed by atoms with Gasteiger partial charge in [0.1, 0.15) is 0 Å². The minimum absolute atomic E-state index is 0.263.